The van der Waals surface area contributed by atoms with Crippen LogP contribution in [0.3, 0.4) is 0 Å². The van der Waals surface area contributed by atoms with Gasteiger partial charge in [-0.3, -0.25) is 9.82 Å². The maximum atomic E-state index is 11.8. The van der Waals surface area contributed by atoms with Crippen LogP contribution in [0.25, 0.3) is 0 Å². The molecule has 0 aliphatic carbocycles. The van der Waals surface area contributed by atoms with Gasteiger partial charge >= 0.3 is 0 Å². The number of aryl methyl sites for hydroxylation is 2. The molecule has 0 amide bonds. The molecule has 0 saturated carbocycles. The van der Waals surface area contributed by atoms with Crippen molar-refractivity contribution in [3.63, 3.8) is 0 Å². The number of H-pyrrole nitrogens is 1. The van der Waals surface area contributed by atoms with E-state index in [0.29, 0.717) is 23.7 Å². The minimum absolute atomic E-state index is 0.148. The van der Waals surface area contributed by atoms with Crippen molar-refractivity contribution in [3.05, 3.63) is 11.4 Å². The maximum Gasteiger partial charge on any atom is 0.232 e. The number of nitrogens with one attached hydrogen (secondary N) is 2. The third-order valence-electron chi connectivity index (χ3n) is 2.35. The minimum atomic E-state index is -3.25. The van der Waals surface area contributed by atoms with Gasteiger partial charge in [0.15, 0.2) is 0 Å². The lowest BCUT2D eigenvalue weighted by atomic mass is 10.2. The van der Waals surface area contributed by atoms with Crippen molar-refractivity contribution in [2.75, 3.05) is 10.5 Å². The predicted molar refractivity (Wildman–Crippen MR) is 64.9 cm³/mol. The van der Waals surface area contributed by atoms with Crippen LogP contribution in [0, 0.1) is 19.8 Å². The Kier molecular flexibility index (Phi) is 3.96. The van der Waals surface area contributed by atoms with Crippen LogP contribution in [0.5, 0.6) is 0 Å². The summed E-state index contributed by atoms with van der Waals surface area (Å²) in [7, 11) is -3.25. The van der Waals surface area contributed by atoms with Crippen LogP contribution >= 0.6 is 0 Å². The molecule has 2 N–H and O–H groups in total. The Balaban J connectivity index is 2.73. The summed E-state index contributed by atoms with van der Waals surface area (Å²) in [6.45, 7) is 7.57. The molecule has 0 fully saturated rings. The molecule has 1 aromatic heterocycles. The summed E-state index contributed by atoms with van der Waals surface area (Å²) in [6.07, 6.45) is 0.658. The Morgan fingerprint density at radius 2 is 2.00 bits per heavy atom. The molecule has 0 radical (unpaired) electrons. The van der Waals surface area contributed by atoms with Crippen molar-refractivity contribution in [3.8, 4) is 0 Å². The highest BCUT2D eigenvalue weighted by Crippen LogP contribution is 2.18. The van der Waals surface area contributed by atoms with E-state index >= 15 is 0 Å². The van der Waals surface area contributed by atoms with Crippen molar-refractivity contribution < 1.29 is 8.42 Å². The molecule has 0 bridgehead atoms. The van der Waals surface area contributed by atoms with Gasteiger partial charge in [0.1, 0.15) is 0 Å². The zero-order chi connectivity index (χ0) is 12.3. The number of aromatic nitrogens is 2. The molecule has 16 heavy (non-hydrogen) atoms. The standard InChI is InChI=1S/C10H19N3O2S/c1-7(2)5-6-16(14,15)13-10-8(3)11-12-9(10)4/h7,13H,5-6H2,1-4H3,(H,11,12). The Morgan fingerprint density at radius 3 is 2.44 bits per heavy atom. The fraction of sp³-hybridized carbons (Fsp3) is 0.700. The topological polar surface area (TPSA) is 74.8 Å². The Morgan fingerprint density at radius 1 is 1.38 bits per heavy atom. The molecule has 92 valence electrons. The van der Waals surface area contributed by atoms with Gasteiger partial charge in [-0.1, -0.05) is 13.8 Å². The first kappa shape index (κ1) is 13.0. The van der Waals surface area contributed by atoms with Crippen LogP contribution in [0.2, 0.25) is 0 Å². The van der Waals surface area contributed by atoms with Gasteiger partial charge in [0, 0.05) is 0 Å². The average Bonchev–Trinajstić information content (AvgIpc) is 2.46. The van der Waals surface area contributed by atoms with Crippen LogP contribution in [0.4, 0.5) is 5.69 Å². The maximum absolute atomic E-state index is 11.8. The highest BCUT2D eigenvalue weighted by Gasteiger charge is 2.15. The fourth-order valence-electron chi connectivity index (χ4n) is 1.30. The van der Waals surface area contributed by atoms with Gasteiger partial charge in [0.25, 0.3) is 0 Å². The molecule has 0 unspecified atom stereocenters. The second-order valence-corrected chi connectivity index (χ2v) is 6.25. The number of rotatable bonds is 5. The smallest absolute Gasteiger partial charge is 0.232 e. The normalized spacial score (nSPS) is 12.1. The van der Waals surface area contributed by atoms with E-state index in [1.165, 1.54) is 0 Å². The van der Waals surface area contributed by atoms with Gasteiger partial charge in [-0.15, -0.1) is 0 Å². The van der Waals surface area contributed by atoms with Crippen molar-refractivity contribution in [2.24, 2.45) is 5.92 Å². The van der Waals surface area contributed by atoms with Crippen molar-refractivity contribution in [1.29, 1.82) is 0 Å². The van der Waals surface area contributed by atoms with Crippen molar-refractivity contribution >= 4 is 15.7 Å². The van der Waals surface area contributed by atoms with E-state index in [0.717, 1.165) is 5.69 Å². The Bertz CT molecular complexity index is 429. The van der Waals surface area contributed by atoms with E-state index in [1.54, 1.807) is 13.8 Å². The zero-order valence-corrected chi connectivity index (χ0v) is 11.0. The quantitative estimate of drug-likeness (QED) is 0.830. The van der Waals surface area contributed by atoms with Crippen LogP contribution in [-0.4, -0.2) is 24.4 Å². The number of hydrogen-bond acceptors (Lipinski definition) is 3. The Labute approximate surface area is 96.7 Å². The first-order valence-electron chi connectivity index (χ1n) is 5.34. The van der Waals surface area contributed by atoms with Crippen molar-refractivity contribution in [2.45, 2.75) is 34.1 Å². The van der Waals surface area contributed by atoms with E-state index in [9.17, 15) is 8.42 Å². The summed E-state index contributed by atoms with van der Waals surface area (Å²) in [5.41, 5.74) is 1.99. The fourth-order valence-corrected chi connectivity index (χ4v) is 2.79. The molecular formula is C10H19N3O2S. The highest BCUT2D eigenvalue weighted by molar-refractivity contribution is 7.92. The summed E-state index contributed by atoms with van der Waals surface area (Å²) in [5.74, 6) is 0.525. The van der Waals surface area contributed by atoms with Crippen LogP contribution in [0.15, 0.2) is 0 Å². The van der Waals surface area contributed by atoms with Gasteiger partial charge < -0.3 is 0 Å². The van der Waals surface area contributed by atoms with Gasteiger partial charge in [-0.05, 0) is 26.2 Å². The third kappa shape index (κ3) is 3.52. The molecule has 0 aliphatic heterocycles. The predicted octanol–water partition coefficient (Wildman–Crippen LogP) is 1.81. The van der Waals surface area contributed by atoms with E-state index in [1.807, 2.05) is 13.8 Å². The summed E-state index contributed by atoms with van der Waals surface area (Å²) in [4.78, 5) is 0. The molecule has 0 atom stereocenters. The van der Waals surface area contributed by atoms with Gasteiger partial charge in [-0.25, -0.2) is 8.42 Å². The summed E-state index contributed by atoms with van der Waals surface area (Å²) in [6, 6.07) is 0. The molecule has 1 aromatic rings. The summed E-state index contributed by atoms with van der Waals surface area (Å²) in [5, 5.41) is 6.69. The van der Waals surface area contributed by atoms with E-state index in [4.69, 9.17) is 0 Å². The second-order valence-electron chi connectivity index (χ2n) is 4.41. The molecule has 0 saturated heterocycles. The molecule has 0 aromatic carbocycles. The van der Waals surface area contributed by atoms with Gasteiger partial charge in [0.2, 0.25) is 10.0 Å². The average molecular weight is 245 g/mol. The van der Waals surface area contributed by atoms with Crippen LogP contribution in [-0.2, 0) is 10.0 Å². The van der Waals surface area contributed by atoms with Crippen molar-refractivity contribution in [1.82, 2.24) is 10.2 Å². The number of sulfonamides is 1. The minimum Gasteiger partial charge on any atom is -0.280 e. The first-order chi connectivity index (χ1) is 7.32. The number of nitrogens with zero attached hydrogens (tertiary/aromatic N) is 1. The van der Waals surface area contributed by atoms with E-state index < -0.39 is 10.0 Å². The van der Waals surface area contributed by atoms with Crippen LogP contribution in [0.1, 0.15) is 31.7 Å². The SMILES string of the molecule is Cc1n[nH]c(C)c1NS(=O)(=O)CCC(C)C. The Hall–Kier alpha value is -1.04. The van der Waals surface area contributed by atoms with Crippen LogP contribution < -0.4 is 4.72 Å². The molecule has 1 rings (SSSR count). The van der Waals surface area contributed by atoms with Gasteiger partial charge in [-0.2, -0.15) is 5.10 Å². The monoisotopic (exact) mass is 245 g/mol. The molecule has 0 aliphatic rings. The van der Waals surface area contributed by atoms with Gasteiger partial charge in [0.05, 0.1) is 22.8 Å². The second kappa shape index (κ2) is 4.86. The summed E-state index contributed by atoms with van der Waals surface area (Å²) >= 11 is 0. The first-order valence-corrected chi connectivity index (χ1v) is 6.99. The lowest BCUT2D eigenvalue weighted by Gasteiger charge is -2.09. The number of anilines is 1. The highest BCUT2D eigenvalue weighted by atomic mass is 32.2. The molecule has 5 nitrogen and oxygen atoms in total. The number of hydrogen-bond donors (Lipinski definition) is 2. The molecular weight excluding hydrogens is 226 g/mol. The lowest BCUT2D eigenvalue weighted by Crippen LogP contribution is -2.18. The third-order valence-corrected chi connectivity index (χ3v) is 3.64. The number of aromatic amines is 1. The molecule has 1 heterocycles. The zero-order valence-electron chi connectivity index (χ0n) is 10.2. The van der Waals surface area contributed by atoms with E-state index in [2.05, 4.69) is 14.9 Å². The van der Waals surface area contributed by atoms with E-state index in [-0.39, 0.29) is 5.75 Å². The largest absolute Gasteiger partial charge is 0.280 e. The lowest BCUT2D eigenvalue weighted by molar-refractivity contribution is 0.578. The molecule has 0 spiro atoms. The molecule has 6 heteroatoms. The summed E-state index contributed by atoms with van der Waals surface area (Å²) < 4.78 is 26.1.